The number of carbonyl (C=O) groups is 1. The van der Waals surface area contributed by atoms with Gasteiger partial charge in [-0.3, -0.25) is 14.4 Å². The summed E-state index contributed by atoms with van der Waals surface area (Å²) in [6, 6.07) is 23.3. The van der Waals surface area contributed by atoms with Crippen molar-refractivity contribution in [1.82, 2.24) is 0 Å². The second-order valence-corrected chi connectivity index (χ2v) is 9.56. The van der Waals surface area contributed by atoms with E-state index in [0.717, 1.165) is 16.8 Å². The van der Waals surface area contributed by atoms with Crippen LogP contribution in [0.25, 0.3) is 0 Å². The van der Waals surface area contributed by atoms with Gasteiger partial charge in [-0.05, 0) is 54.4 Å². The maximum Gasteiger partial charge on any atom is 0.261 e. The van der Waals surface area contributed by atoms with Crippen LogP contribution in [0.3, 0.4) is 0 Å². The minimum absolute atomic E-state index is 0.0689. The fourth-order valence-corrected chi connectivity index (χ4v) is 5.51. The van der Waals surface area contributed by atoms with E-state index in [-0.39, 0.29) is 16.2 Å². The molecule has 1 unspecified atom stereocenters. The Hall–Kier alpha value is -2.77. The Balaban J connectivity index is 1.57. The lowest BCUT2D eigenvalue weighted by Crippen LogP contribution is -2.27. The summed E-state index contributed by atoms with van der Waals surface area (Å²) >= 11 is 1.57. The van der Waals surface area contributed by atoms with Gasteiger partial charge in [0.1, 0.15) is 5.37 Å². The molecule has 0 bridgehead atoms. The Morgan fingerprint density at radius 1 is 0.966 bits per heavy atom. The predicted octanol–water partition coefficient (Wildman–Crippen LogP) is 4.57. The average Bonchev–Trinajstić information content (AvgIpc) is 3.10. The number of hydrogen-bond donors (Lipinski definition) is 1. The van der Waals surface area contributed by atoms with E-state index in [1.54, 1.807) is 59.1 Å². The molecule has 1 aliphatic rings. The third kappa shape index (κ3) is 4.16. The van der Waals surface area contributed by atoms with Gasteiger partial charge in [0.2, 0.25) is 5.91 Å². The number of anilines is 2. The molecule has 148 valence electrons. The van der Waals surface area contributed by atoms with E-state index in [0.29, 0.717) is 11.4 Å². The van der Waals surface area contributed by atoms with Gasteiger partial charge < -0.3 is 0 Å². The highest BCUT2D eigenvalue weighted by Gasteiger charge is 2.34. The normalized spacial score (nSPS) is 16.8. The molecule has 0 spiro atoms. The van der Waals surface area contributed by atoms with E-state index >= 15 is 0 Å². The number of nitrogens with one attached hydrogen (secondary N) is 1. The molecular formula is C22H20N2O3S2. The summed E-state index contributed by atoms with van der Waals surface area (Å²) in [6.07, 6.45) is 0. The van der Waals surface area contributed by atoms with E-state index in [9.17, 15) is 13.2 Å². The minimum Gasteiger partial charge on any atom is -0.295 e. The quantitative estimate of drug-likeness (QED) is 0.651. The molecule has 0 aliphatic carbocycles. The van der Waals surface area contributed by atoms with Gasteiger partial charge in [-0.1, -0.05) is 42.5 Å². The van der Waals surface area contributed by atoms with Crippen molar-refractivity contribution in [1.29, 1.82) is 0 Å². The molecule has 3 aromatic carbocycles. The average molecular weight is 425 g/mol. The molecule has 1 fully saturated rings. The Morgan fingerprint density at radius 2 is 1.69 bits per heavy atom. The number of hydrogen-bond acceptors (Lipinski definition) is 4. The predicted molar refractivity (Wildman–Crippen MR) is 118 cm³/mol. The van der Waals surface area contributed by atoms with Gasteiger partial charge in [0, 0.05) is 11.4 Å². The lowest BCUT2D eigenvalue weighted by Gasteiger charge is -2.25. The van der Waals surface area contributed by atoms with Crippen molar-refractivity contribution < 1.29 is 13.2 Å². The van der Waals surface area contributed by atoms with Crippen molar-refractivity contribution in [2.45, 2.75) is 17.2 Å². The molecule has 3 aromatic rings. The van der Waals surface area contributed by atoms with Crippen LogP contribution in [0.4, 0.5) is 11.4 Å². The molecule has 1 N–H and O–H groups in total. The molecular weight excluding hydrogens is 404 g/mol. The number of aryl methyl sites for hydroxylation is 1. The maximum atomic E-state index is 12.5. The van der Waals surface area contributed by atoms with Crippen molar-refractivity contribution >= 4 is 39.1 Å². The molecule has 5 nitrogen and oxygen atoms in total. The highest BCUT2D eigenvalue weighted by atomic mass is 32.2. The van der Waals surface area contributed by atoms with E-state index in [2.05, 4.69) is 4.72 Å². The summed E-state index contributed by atoms with van der Waals surface area (Å²) < 4.78 is 27.6. The summed E-state index contributed by atoms with van der Waals surface area (Å²) in [5.41, 5.74) is 3.40. The first-order chi connectivity index (χ1) is 13.9. The monoisotopic (exact) mass is 424 g/mol. The fraction of sp³-hybridized carbons (Fsp3) is 0.136. The first-order valence-electron chi connectivity index (χ1n) is 9.12. The van der Waals surface area contributed by atoms with Crippen molar-refractivity contribution in [3.63, 3.8) is 0 Å². The molecule has 1 heterocycles. The molecule has 1 atom stereocenters. The van der Waals surface area contributed by atoms with Gasteiger partial charge in [-0.15, -0.1) is 11.8 Å². The van der Waals surface area contributed by atoms with Crippen LogP contribution in [0.15, 0.2) is 83.8 Å². The lowest BCUT2D eigenvalue weighted by molar-refractivity contribution is -0.115. The highest BCUT2D eigenvalue weighted by Crippen LogP contribution is 2.42. The SMILES string of the molecule is Cc1cccc(N2C(=O)CSC2c2ccc(NS(=O)(=O)c3ccccc3)cc2)c1. The van der Waals surface area contributed by atoms with E-state index in [4.69, 9.17) is 0 Å². The smallest absolute Gasteiger partial charge is 0.261 e. The van der Waals surface area contributed by atoms with Gasteiger partial charge in [0.15, 0.2) is 0 Å². The highest BCUT2D eigenvalue weighted by molar-refractivity contribution is 8.00. The number of carbonyl (C=O) groups excluding carboxylic acids is 1. The molecule has 4 rings (SSSR count). The number of benzene rings is 3. The fourth-order valence-electron chi connectivity index (χ4n) is 3.26. The van der Waals surface area contributed by atoms with Crippen LogP contribution in [0.5, 0.6) is 0 Å². The topological polar surface area (TPSA) is 66.5 Å². The molecule has 7 heteroatoms. The summed E-state index contributed by atoms with van der Waals surface area (Å²) in [6.45, 7) is 2.00. The van der Waals surface area contributed by atoms with E-state index in [1.165, 1.54) is 0 Å². The number of amides is 1. The van der Waals surface area contributed by atoms with Gasteiger partial charge in [-0.2, -0.15) is 0 Å². The van der Waals surface area contributed by atoms with Gasteiger partial charge in [0.25, 0.3) is 10.0 Å². The number of thioether (sulfide) groups is 1. The zero-order valence-corrected chi connectivity index (χ0v) is 17.4. The maximum absolute atomic E-state index is 12.5. The van der Waals surface area contributed by atoms with Gasteiger partial charge in [-0.25, -0.2) is 8.42 Å². The zero-order valence-electron chi connectivity index (χ0n) is 15.8. The summed E-state index contributed by atoms with van der Waals surface area (Å²) in [5, 5.41) is -0.135. The van der Waals surface area contributed by atoms with Crippen LogP contribution >= 0.6 is 11.8 Å². The van der Waals surface area contributed by atoms with Crippen molar-refractivity contribution in [2.24, 2.45) is 0 Å². The first-order valence-corrected chi connectivity index (χ1v) is 11.7. The zero-order chi connectivity index (χ0) is 20.4. The Bertz CT molecular complexity index is 1130. The van der Waals surface area contributed by atoms with Gasteiger partial charge >= 0.3 is 0 Å². The van der Waals surface area contributed by atoms with Crippen molar-refractivity contribution in [3.8, 4) is 0 Å². The summed E-state index contributed by atoms with van der Waals surface area (Å²) in [7, 11) is -3.63. The van der Waals surface area contributed by atoms with Crippen LogP contribution in [0.2, 0.25) is 0 Å². The largest absolute Gasteiger partial charge is 0.295 e. The van der Waals surface area contributed by atoms with Crippen molar-refractivity contribution in [2.75, 3.05) is 15.4 Å². The molecule has 0 aromatic heterocycles. The third-order valence-corrected chi connectivity index (χ3v) is 7.26. The van der Waals surface area contributed by atoms with Crippen LogP contribution in [-0.4, -0.2) is 20.1 Å². The first kappa shape index (κ1) is 19.5. The molecule has 1 amide bonds. The Kier molecular flexibility index (Phi) is 5.34. The van der Waals surface area contributed by atoms with Crippen LogP contribution in [-0.2, 0) is 14.8 Å². The minimum atomic E-state index is -3.63. The lowest BCUT2D eigenvalue weighted by atomic mass is 10.1. The van der Waals surface area contributed by atoms with Crippen molar-refractivity contribution in [3.05, 3.63) is 90.0 Å². The molecule has 0 saturated carbocycles. The van der Waals surface area contributed by atoms with Gasteiger partial charge in [0.05, 0.1) is 10.6 Å². The van der Waals surface area contributed by atoms with Crippen LogP contribution < -0.4 is 9.62 Å². The molecule has 1 saturated heterocycles. The van der Waals surface area contributed by atoms with Crippen LogP contribution in [0, 0.1) is 6.92 Å². The number of nitrogens with zero attached hydrogens (tertiary/aromatic N) is 1. The second kappa shape index (κ2) is 7.93. The Labute approximate surface area is 174 Å². The Morgan fingerprint density at radius 3 is 2.38 bits per heavy atom. The second-order valence-electron chi connectivity index (χ2n) is 6.81. The summed E-state index contributed by atoms with van der Waals surface area (Å²) in [5.74, 6) is 0.487. The molecule has 0 radical (unpaired) electrons. The summed E-state index contributed by atoms with van der Waals surface area (Å²) in [4.78, 5) is 14.5. The molecule has 29 heavy (non-hydrogen) atoms. The molecule has 1 aliphatic heterocycles. The third-order valence-electron chi connectivity index (χ3n) is 4.65. The van der Waals surface area contributed by atoms with E-state index in [1.807, 2.05) is 43.3 Å². The standard InChI is InChI=1S/C22H20N2O3S2/c1-16-6-5-7-19(14-16)24-21(25)15-28-22(24)17-10-12-18(13-11-17)23-29(26,27)20-8-3-2-4-9-20/h2-14,22-23H,15H2,1H3. The number of sulfonamides is 1. The number of rotatable bonds is 5. The van der Waals surface area contributed by atoms with Crippen LogP contribution in [0.1, 0.15) is 16.5 Å². The van der Waals surface area contributed by atoms with E-state index < -0.39 is 10.0 Å².